The number of aryl methyl sites for hydroxylation is 2. The molecule has 4 nitrogen and oxygen atoms in total. The largest absolute Gasteiger partial charge is 0.395 e. The van der Waals surface area contributed by atoms with Crippen molar-refractivity contribution in [3.05, 3.63) is 29.3 Å². The minimum atomic E-state index is 0.0133. The van der Waals surface area contributed by atoms with Gasteiger partial charge in [-0.05, 0) is 43.9 Å². The smallest absolute Gasteiger partial charge is 0.238 e. The maximum absolute atomic E-state index is 12.3. The molecule has 1 fully saturated rings. The van der Waals surface area contributed by atoms with E-state index in [4.69, 9.17) is 0 Å². The molecule has 0 aromatic heterocycles. The summed E-state index contributed by atoms with van der Waals surface area (Å²) in [5.41, 5.74) is 3.21. The number of carbonyl (C=O) groups is 1. The predicted octanol–water partition coefficient (Wildman–Crippen LogP) is 2.34. The molecule has 0 bridgehead atoms. The van der Waals surface area contributed by atoms with Crippen LogP contribution in [-0.2, 0) is 11.2 Å². The monoisotopic (exact) mass is 290 g/mol. The van der Waals surface area contributed by atoms with E-state index in [1.165, 1.54) is 5.56 Å². The number of anilines is 1. The van der Waals surface area contributed by atoms with E-state index in [0.29, 0.717) is 6.54 Å². The molecule has 0 aliphatic carbocycles. The van der Waals surface area contributed by atoms with Gasteiger partial charge in [0.05, 0.1) is 13.2 Å². The van der Waals surface area contributed by atoms with Gasteiger partial charge in [0.2, 0.25) is 5.91 Å². The molecule has 1 aliphatic heterocycles. The Labute approximate surface area is 127 Å². The number of hydrogen-bond acceptors (Lipinski definition) is 3. The van der Waals surface area contributed by atoms with Crippen LogP contribution in [0.1, 0.15) is 37.3 Å². The van der Waals surface area contributed by atoms with Crippen LogP contribution in [0.3, 0.4) is 0 Å². The molecule has 1 amide bonds. The lowest BCUT2D eigenvalue weighted by molar-refractivity contribution is -0.118. The molecule has 1 aliphatic rings. The third-order valence-corrected chi connectivity index (χ3v) is 4.31. The molecule has 2 rings (SSSR count). The second-order valence-electron chi connectivity index (χ2n) is 5.81. The number of rotatable bonds is 5. The summed E-state index contributed by atoms with van der Waals surface area (Å²) in [5, 5.41) is 12.5. The van der Waals surface area contributed by atoms with Gasteiger partial charge in [-0.2, -0.15) is 0 Å². The average Bonchev–Trinajstić information content (AvgIpc) is 2.49. The van der Waals surface area contributed by atoms with Gasteiger partial charge in [0, 0.05) is 11.7 Å². The Morgan fingerprint density at radius 2 is 2.24 bits per heavy atom. The highest BCUT2D eigenvalue weighted by Gasteiger charge is 2.23. The van der Waals surface area contributed by atoms with Crippen molar-refractivity contribution in [2.24, 2.45) is 0 Å². The van der Waals surface area contributed by atoms with Gasteiger partial charge in [-0.1, -0.05) is 31.5 Å². The van der Waals surface area contributed by atoms with E-state index >= 15 is 0 Å². The molecular weight excluding hydrogens is 264 g/mol. The van der Waals surface area contributed by atoms with Gasteiger partial charge in [-0.25, -0.2) is 0 Å². The highest BCUT2D eigenvalue weighted by atomic mass is 16.3. The fourth-order valence-electron chi connectivity index (χ4n) is 3.04. The molecule has 1 atom stereocenters. The highest BCUT2D eigenvalue weighted by Crippen LogP contribution is 2.22. The lowest BCUT2D eigenvalue weighted by Gasteiger charge is -2.33. The molecule has 1 unspecified atom stereocenters. The van der Waals surface area contributed by atoms with Crippen LogP contribution in [0, 0.1) is 6.92 Å². The molecule has 21 heavy (non-hydrogen) atoms. The van der Waals surface area contributed by atoms with E-state index in [0.717, 1.165) is 43.5 Å². The van der Waals surface area contributed by atoms with Gasteiger partial charge in [0.1, 0.15) is 0 Å². The zero-order chi connectivity index (χ0) is 15.2. The van der Waals surface area contributed by atoms with Gasteiger partial charge in [-0.15, -0.1) is 0 Å². The number of aliphatic hydroxyl groups excluding tert-OH is 1. The van der Waals surface area contributed by atoms with Gasteiger partial charge < -0.3 is 10.4 Å². The topological polar surface area (TPSA) is 52.6 Å². The van der Waals surface area contributed by atoms with E-state index in [1.54, 1.807) is 0 Å². The number of likely N-dealkylation sites (tertiary alicyclic amines) is 1. The Morgan fingerprint density at radius 3 is 2.95 bits per heavy atom. The first-order chi connectivity index (χ1) is 10.2. The number of hydrogen-bond donors (Lipinski definition) is 2. The molecule has 0 spiro atoms. The van der Waals surface area contributed by atoms with Crippen LogP contribution in [0.15, 0.2) is 18.2 Å². The number of benzene rings is 1. The number of piperidine rings is 1. The molecule has 2 N–H and O–H groups in total. The maximum atomic E-state index is 12.3. The molecule has 1 saturated heterocycles. The minimum Gasteiger partial charge on any atom is -0.395 e. The lowest BCUT2D eigenvalue weighted by Crippen LogP contribution is -2.45. The molecule has 1 aromatic rings. The van der Waals surface area contributed by atoms with Gasteiger partial charge in [-0.3, -0.25) is 9.69 Å². The Hall–Kier alpha value is -1.39. The summed E-state index contributed by atoms with van der Waals surface area (Å²) in [6.07, 6.45) is 4.13. The quantitative estimate of drug-likeness (QED) is 0.875. The second kappa shape index (κ2) is 7.57. The van der Waals surface area contributed by atoms with Crippen molar-refractivity contribution in [3.63, 3.8) is 0 Å². The normalized spacial score (nSPS) is 19.5. The summed E-state index contributed by atoms with van der Waals surface area (Å²) in [7, 11) is 0. The Balaban J connectivity index is 2.01. The first kappa shape index (κ1) is 16.0. The number of nitrogens with zero attached hydrogens (tertiary/aromatic N) is 1. The fraction of sp³-hybridized carbons (Fsp3) is 0.588. The summed E-state index contributed by atoms with van der Waals surface area (Å²) in [4.78, 5) is 14.4. The zero-order valence-electron chi connectivity index (χ0n) is 13.1. The average molecular weight is 290 g/mol. The Kier molecular flexibility index (Phi) is 5.76. The van der Waals surface area contributed by atoms with Crippen LogP contribution in [0.25, 0.3) is 0 Å². The second-order valence-corrected chi connectivity index (χ2v) is 5.81. The summed E-state index contributed by atoms with van der Waals surface area (Å²) in [6, 6.07) is 6.23. The van der Waals surface area contributed by atoms with E-state index < -0.39 is 0 Å². The number of carbonyl (C=O) groups excluding carboxylic acids is 1. The molecule has 0 radical (unpaired) electrons. The van der Waals surface area contributed by atoms with E-state index in [2.05, 4.69) is 23.2 Å². The SMILES string of the molecule is CCc1cccc(C)c1NC(=O)CN1CCCCC1CO. The third-order valence-electron chi connectivity index (χ3n) is 4.31. The van der Waals surface area contributed by atoms with Crippen LogP contribution in [-0.4, -0.2) is 41.7 Å². The van der Waals surface area contributed by atoms with E-state index in [9.17, 15) is 9.90 Å². The van der Waals surface area contributed by atoms with Crippen LogP contribution in [0.4, 0.5) is 5.69 Å². The molecule has 116 valence electrons. The van der Waals surface area contributed by atoms with Crippen LogP contribution in [0.5, 0.6) is 0 Å². The van der Waals surface area contributed by atoms with E-state index in [-0.39, 0.29) is 18.6 Å². The van der Waals surface area contributed by atoms with Crippen molar-refractivity contribution in [1.29, 1.82) is 0 Å². The first-order valence-electron chi connectivity index (χ1n) is 7.89. The van der Waals surface area contributed by atoms with Crippen LogP contribution in [0.2, 0.25) is 0 Å². The zero-order valence-corrected chi connectivity index (χ0v) is 13.1. The van der Waals surface area contributed by atoms with Crippen molar-refractivity contribution < 1.29 is 9.90 Å². The van der Waals surface area contributed by atoms with Gasteiger partial charge in [0.15, 0.2) is 0 Å². The number of nitrogens with one attached hydrogen (secondary N) is 1. The van der Waals surface area contributed by atoms with Crippen molar-refractivity contribution in [2.45, 2.75) is 45.6 Å². The number of para-hydroxylation sites is 1. The number of aliphatic hydroxyl groups is 1. The molecule has 1 aromatic carbocycles. The van der Waals surface area contributed by atoms with Crippen molar-refractivity contribution in [3.8, 4) is 0 Å². The van der Waals surface area contributed by atoms with Gasteiger partial charge >= 0.3 is 0 Å². The number of amides is 1. The van der Waals surface area contributed by atoms with Crippen molar-refractivity contribution >= 4 is 11.6 Å². The van der Waals surface area contributed by atoms with Crippen LogP contribution >= 0.6 is 0 Å². The Bertz CT molecular complexity index is 488. The molecule has 4 heteroatoms. The summed E-state index contributed by atoms with van der Waals surface area (Å²) in [6.45, 7) is 5.51. The summed E-state index contributed by atoms with van der Waals surface area (Å²) in [5.74, 6) is 0.0133. The van der Waals surface area contributed by atoms with E-state index in [1.807, 2.05) is 19.1 Å². The lowest BCUT2D eigenvalue weighted by atomic mass is 10.0. The van der Waals surface area contributed by atoms with Crippen LogP contribution < -0.4 is 5.32 Å². The predicted molar refractivity (Wildman–Crippen MR) is 85.5 cm³/mol. The Morgan fingerprint density at radius 1 is 1.43 bits per heavy atom. The minimum absolute atomic E-state index is 0.0133. The van der Waals surface area contributed by atoms with Crippen molar-refractivity contribution in [1.82, 2.24) is 4.90 Å². The van der Waals surface area contributed by atoms with Gasteiger partial charge in [0.25, 0.3) is 0 Å². The molecular formula is C17H26N2O2. The maximum Gasteiger partial charge on any atom is 0.238 e. The fourth-order valence-corrected chi connectivity index (χ4v) is 3.04. The molecule has 0 saturated carbocycles. The summed E-state index contributed by atoms with van der Waals surface area (Å²) >= 11 is 0. The standard InChI is InChI=1S/C17H26N2O2/c1-3-14-8-6-7-13(2)17(14)18-16(21)11-19-10-5-4-9-15(19)12-20/h6-8,15,20H,3-5,9-12H2,1-2H3,(H,18,21). The molecule has 1 heterocycles. The summed E-state index contributed by atoms with van der Waals surface area (Å²) < 4.78 is 0. The highest BCUT2D eigenvalue weighted by molar-refractivity contribution is 5.93. The third kappa shape index (κ3) is 4.05. The first-order valence-corrected chi connectivity index (χ1v) is 7.89. The van der Waals surface area contributed by atoms with Crippen molar-refractivity contribution in [2.75, 3.05) is 25.0 Å².